The molecule has 0 amide bonds. The molecule has 0 aliphatic heterocycles. The summed E-state index contributed by atoms with van der Waals surface area (Å²) in [6.07, 6.45) is 3.49. The molecule has 1 aromatic carbocycles. The first-order valence-electron chi connectivity index (χ1n) is 6.20. The molecule has 0 bridgehead atoms. The van der Waals surface area contributed by atoms with E-state index >= 15 is 0 Å². The molecule has 2 aromatic heterocycles. The van der Waals surface area contributed by atoms with Gasteiger partial charge in [0.25, 0.3) is 0 Å². The fourth-order valence-electron chi connectivity index (χ4n) is 1.52. The van der Waals surface area contributed by atoms with Crippen molar-refractivity contribution >= 4 is 17.5 Å². The van der Waals surface area contributed by atoms with Crippen LogP contribution in [0, 0.1) is 0 Å². The Morgan fingerprint density at radius 3 is 2.50 bits per heavy atom. The molecule has 10 heteroatoms. The van der Waals surface area contributed by atoms with Gasteiger partial charge >= 0.3 is 0 Å². The Morgan fingerprint density at radius 2 is 2.00 bits per heavy atom. The summed E-state index contributed by atoms with van der Waals surface area (Å²) < 4.78 is 2.90. The van der Waals surface area contributed by atoms with Gasteiger partial charge in [-0.2, -0.15) is 0 Å². The topological polar surface area (TPSA) is 104 Å². The molecule has 0 spiro atoms. The summed E-state index contributed by atoms with van der Waals surface area (Å²) in [5, 5.41) is 21.0. The third-order valence-corrected chi connectivity index (χ3v) is 3.33. The molecule has 3 aromatic rings. The van der Waals surface area contributed by atoms with Crippen LogP contribution in [0.1, 0.15) is 16.2 Å². The summed E-state index contributed by atoms with van der Waals surface area (Å²) >= 11 is 1.59. The highest BCUT2D eigenvalue weighted by atomic mass is 32.2. The fraction of sp³-hybridized carbons (Fsp3) is 0.250. The summed E-state index contributed by atoms with van der Waals surface area (Å²) in [4.78, 5) is 13.1. The van der Waals surface area contributed by atoms with Crippen molar-refractivity contribution < 1.29 is 4.79 Å². The van der Waals surface area contributed by atoms with E-state index in [2.05, 4.69) is 31.1 Å². The predicted molar refractivity (Wildman–Crippen MR) is 79.3 cm³/mol. The van der Waals surface area contributed by atoms with Crippen LogP contribution in [0.15, 0.2) is 35.5 Å². The lowest BCUT2D eigenvalue weighted by Gasteiger charge is -2.01. The van der Waals surface area contributed by atoms with E-state index in [0.29, 0.717) is 5.56 Å². The van der Waals surface area contributed by atoms with Crippen LogP contribution < -0.4 is 0 Å². The van der Waals surface area contributed by atoms with Gasteiger partial charge in [-0.25, -0.2) is 9.36 Å². The summed E-state index contributed by atoms with van der Waals surface area (Å²) in [5.74, 6) is 0.0849. The minimum absolute atomic E-state index is 0.164. The highest BCUT2D eigenvalue weighted by Crippen LogP contribution is 2.17. The van der Waals surface area contributed by atoms with Gasteiger partial charge in [0.2, 0.25) is 11.6 Å². The number of hydrogen-bond acceptors (Lipinski definition) is 8. The molecular weight excluding hydrogens is 304 g/mol. The van der Waals surface area contributed by atoms with Gasteiger partial charge in [-0.05, 0) is 39.2 Å². The largest absolute Gasteiger partial charge is 0.285 e. The fourth-order valence-corrected chi connectivity index (χ4v) is 1.98. The molecule has 0 unspecified atom stereocenters. The Bertz CT molecular complexity index is 739. The molecule has 22 heavy (non-hydrogen) atoms. The van der Waals surface area contributed by atoms with Gasteiger partial charge in [0.15, 0.2) is 0 Å². The molecule has 0 radical (unpaired) electrons. The second kappa shape index (κ2) is 7.41. The van der Waals surface area contributed by atoms with E-state index in [4.69, 9.17) is 0 Å². The molecule has 3 rings (SSSR count). The maximum atomic E-state index is 12.0. The first kappa shape index (κ1) is 15.8. The molecule has 0 N–H and O–H groups in total. The van der Waals surface area contributed by atoms with E-state index in [1.165, 1.54) is 15.7 Å². The zero-order valence-corrected chi connectivity index (χ0v) is 13.1. The van der Waals surface area contributed by atoms with Crippen LogP contribution in [0.3, 0.4) is 0 Å². The van der Waals surface area contributed by atoms with E-state index in [0.717, 1.165) is 4.90 Å². The number of aromatic nitrogens is 8. The van der Waals surface area contributed by atoms with Crippen molar-refractivity contribution in [2.45, 2.75) is 4.90 Å². The number of nitrogens with zero attached hydrogens (tertiary/aromatic N) is 8. The van der Waals surface area contributed by atoms with Gasteiger partial charge in [0.1, 0.15) is 6.33 Å². The van der Waals surface area contributed by atoms with Crippen molar-refractivity contribution in [1.29, 1.82) is 0 Å². The molecule has 0 fully saturated rings. The third-order valence-electron chi connectivity index (χ3n) is 2.61. The highest BCUT2D eigenvalue weighted by Gasteiger charge is 2.15. The standard InChI is InChI=1S/C10H10N4OS.C2H4N4/c1-14-10(11-12-13-14)9(15)7-4-3-5-8(6-7)16-2;1-6-2-3-4-5-6/h3-6H,1-2H3;2H,1H3. The van der Waals surface area contributed by atoms with Crippen LogP contribution in [0.2, 0.25) is 0 Å². The van der Waals surface area contributed by atoms with E-state index in [-0.39, 0.29) is 11.6 Å². The number of carbonyl (C=O) groups is 1. The molecule has 114 valence electrons. The Hall–Kier alpha value is -2.62. The van der Waals surface area contributed by atoms with E-state index < -0.39 is 0 Å². The van der Waals surface area contributed by atoms with Gasteiger partial charge in [0, 0.05) is 24.6 Å². The van der Waals surface area contributed by atoms with Crippen molar-refractivity contribution in [3.63, 3.8) is 0 Å². The van der Waals surface area contributed by atoms with Crippen LogP contribution in [0.5, 0.6) is 0 Å². The Labute approximate surface area is 130 Å². The van der Waals surface area contributed by atoms with Crippen molar-refractivity contribution in [3.8, 4) is 0 Å². The zero-order chi connectivity index (χ0) is 15.9. The highest BCUT2D eigenvalue weighted by molar-refractivity contribution is 7.98. The summed E-state index contributed by atoms with van der Waals surface area (Å²) in [6.45, 7) is 0. The first-order chi connectivity index (χ1) is 10.6. The molecule has 9 nitrogen and oxygen atoms in total. The second-order valence-corrected chi connectivity index (χ2v) is 5.05. The molecule has 0 aliphatic rings. The lowest BCUT2D eigenvalue weighted by molar-refractivity contribution is 0.102. The Balaban J connectivity index is 0.000000246. The summed E-state index contributed by atoms with van der Waals surface area (Å²) in [5.41, 5.74) is 0.602. The Morgan fingerprint density at radius 1 is 1.18 bits per heavy atom. The molecule has 0 saturated heterocycles. The number of ketones is 1. The maximum Gasteiger partial charge on any atom is 0.231 e. The minimum atomic E-state index is -0.164. The van der Waals surface area contributed by atoms with Crippen LogP contribution >= 0.6 is 11.8 Å². The van der Waals surface area contributed by atoms with Gasteiger partial charge in [-0.15, -0.1) is 22.0 Å². The number of rotatable bonds is 3. The molecule has 0 atom stereocenters. The number of hydrogen-bond donors (Lipinski definition) is 0. The molecule has 0 saturated carbocycles. The lowest BCUT2D eigenvalue weighted by atomic mass is 10.1. The van der Waals surface area contributed by atoms with Gasteiger partial charge in [0.05, 0.1) is 0 Å². The van der Waals surface area contributed by atoms with E-state index in [1.807, 2.05) is 24.5 Å². The second-order valence-electron chi connectivity index (χ2n) is 4.17. The molecule has 0 aliphatic carbocycles. The van der Waals surface area contributed by atoms with Crippen molar-refractivity contribution in [2.24, 2.45) is 14.1 Å². The van der Waals surface area contributed by atoms with Crippen molar-refractivity contribution in [1.82, 2.24) is 40.4 Å². The number of carbonyl (C=O) groups excluding carboxylic acids is 1. The van der Waals surface area contributed by atoms with Crippen LogP contribution in [-0.2, 0) is 14.1 Å². The number of tetrazole rings is 2. The summed E-state index contributed by atoms with van der Waals surface area (Å²) in [6, 6.07) is 7.40. The third kappa shape index (κ3) is 3.95. The molecule has 2 heterocycles. The SMILES string of the molecule is CSc1cccc(C(=O)c2nnnn2C)c1.Cn1cnnn1. The number of benzene rings is 1. The normalized spacial score (nSPS) is 9.95. The van der Waals surface area contributed by atoms with Crippen molar-refractivity contribution in [2.75, 3.05) is 6.26 Å². The summed E-state index contributed by atoms with van der Waals surface area (Å²) in [7, 11) is 3.41. The lowest BCUT2D eigenvalue weighted by Crippen LogP contribution is -2.09. The quantitative estimate of drug-likeness (QED) is 0.504. The average Bonchev–Trinajstić information content (AvgIpc) is 3.18. The average molecular weight is 318 g/mol. The molecular formula is C12H14N8OS. The maximum absolute atomic E-state index is 12.0. The van der Waals surface area contributed by atoms with Crippen LogP contribution in [0.25, 0.3) is 0 Å². The monoisotopic (exact) mass is 318 g/mol. The smallest absolute Gasteiger partial charge is 0.231 e. The van der Waals surface area contributed by atoms with Gasteiger partial charge < -0.3 is 0 Å². The van der Waals surface area contributed by atoms with Crippen molar-refractivity contribution in [3.05, 3.63) is 42.0 Å². The number of thioether (sulfide) groups is 1. The Kier molecular flexibility index (Phi) is 5.31. The van der Waals surface area contributed by atoms with Crippen LogP contribution in [-0.4, -0.2) is 52.5 Å². The predicted octanol–water partition coefficient (Wildman–Crippen LogP) is 0.373. The van der Waals surface area contributed by atoms with Gasteiger partial charge in [-0.1, -0.05) is 12.1 Å². The first-order valence-corrected chi connectivity index (χ1v) is 7.42. The number of aryl methyl sites for hydroxylation is 2. The zero-order valence-electron chi connectivity index (χ0n) is 12.3. The minimum Gasteiger partial charge on any atom is -0.285 e. The van der Waals surface area contributed by atoms with E-state index in [9.17, 15) is 4.79 Å². The van der Waals surface area contributed by atoms with Gasteiger partial charge in [-0.3, -0.25) is 4.79 Å². The van der Waals surface area contributed by atoms with E-state index in [1.54, 1.807) is 31.9 Å². The van der Waals surface area contributed by atoms with Crippen LogP contribution in [0.4, 0.5) is 0 Å².